The third-order valence-corrected chi connectivity index (χ3v) is 3.36. The second kappa shape index (κ2) is 8.57. The summed E-state index contributed by atoms with van der Waals surface area (Å²) in [5.41, 5.74) is 1.43. The van der Waals surface area contributed by atoms with Crippen molar-refractivity contribution in [2.75, 3.05) is 13.2 Å². The van der Waals surface area contributed by atoms with Crippen molar-refractivity contribution in [1.29, 1.82) is 0 Å². The van der Waals surface area contributed by atoms with Crippen LogP contribution < -0.4 is 0 Å². The van der Waals surface area contributed by atoms with Crippen LogP contribution in [-0.2, 0) is 9.47 Å². The number of hydrogen-bond acceptors (Lipinski definition) is 3. The minimum Gasteiger partial charge on any atom is -0.459 e. The molecule has 2 aromatic rings. The molecule has 0 amide bonds. The van der Waals surface area contributed by atoms with Crippen LogP contribution in [0.4, 0.5) is 0 Å². The number of carbonyl (C=O) groups is 1. The molecule has 4 heteroatoms. The molecule has 0 N–H and O–H groups in total. The predicted octanol–water partition coefficient (Wildman–Crippen LogP) is 4.66. The summed E-state index contributed by atoms with van der Waals surface area (Å²) in [5, 5.41) is 0.510. The van der Waals surface area contributed by atoms with Crippen LogP contribution in [0.3, 0.4) is 0 Å². The summed E-state index contributed by atoms with van der Waals surface area (Å²) < 4.78 is 11.2. The van der Waals surface area contributed by atoms with Gasteiger partial charge in [0.15, 0.2) is 0 Å². The zero-order valence-corrected chi connectivity index (χ0v) is 13.3. The third kappa shape index (κ3) is 4.86. The highest BCUT2D eigenvalue weighted by atomic mass is 35.5. The Kier molecular flexibility index (Phi) is 6.44. The first-order valence-electron chi connectivity index (χ1n) is 7.30. The molecule has 0 aliphatic rings. The van der Waals surface area contributed by atoms with Crippen molar-refractivity contribution in [3.8, 4) is 0 Å². The zero-order valence-electron chi connectivity index (χ0n) is 12.5. The first-order valence-corrected chi connectivity index (χ1v) is 7.67. The Bertz CT molecular complexity index is 598. The van der Waals surface area contributed by atoms with Crippen LogP contribution in [0.15, 0.2) is 54.6 Å². The number of esters is 1. The van der Waals surface area contributed by atoms with E-state index in [-0.39, 0.29) is 12.7 Å². The van der Waals surface area contributed by atoms with Crippen LogP contribution in [0.2, 0.25) is 5.02 Å². The van der Waals surface area contributed by atoms with Gasteiger partial charge in [-0.15, -0.1) is 0 Å². The van der Waals surface area contributed by atoms with E-state index < -0.39 is 5.97 Å². The SMILES string of the molecule is CCCOC(COC(=O)c1cccc(Cl)c1)c1ccccc1. The quantitative estimate of drug-likeness (QED) is 0.696. The molecule has 2 rings (SSSR count). The highest BCUT2D eigenvalue weighted by Gasteiger charge is 2.15. The number of rotatable bonds is 7. The highest BCUT2D eigenvalue weighted by Crippen LogP contribution is 2.19. The lowest BCUT2D eigenvalue weighted by molar-refractivity contribution is -0.00922. The van der Waals surface area contributed by atoms with E-state index in [1.165, 1.54) is 0 Å². The van der Waals surface area contributed by atoms with Gasteiger partial charge in [-0.25, -0.2) is 4.79 Å². The standard InChI is InChI=1S/C18H19ClO3/c1-2-11-21-17(14-7-4-3-5-8-14)13-22-18(20)15-9-6-10-16(19)12-15/h3-10,12,17H,2,11,13H2,1H3. The maximum absolute atomic E-state index is 12.1. The van der Waals surface area contributed by atoms with E-state index >= 15 is 0 Å². The van der Waals surface area contributed by atoms with Crippen molar-refractivity contribution in [3.05, 3.63) is 70.7 Å². The summed E-state index contributed by atoms with van der Waals surface area (Å²) in [4.78, 5) is 12.1. The first-order chi connectivity index (χ1) is 10.7. The maximum Gasteiger partial charge on any atom is 0.338 e. The molecule has 0 aliphatic carbocycles. The lowest BCUT2D eigenvalue weighted by Gasteiger charge is -2.18. The number of benzene rings is 2. The van der Waals surface area contributed by atoms with E-state index in [2.05, 4.69) is 0 Å². The molecule has 22 heavy (non-hydrogen) atoms. The fraction of sp³-hybridized carbons (Fsp3) is 0.278. The minimum atomic E-state index is -0.400. The smallest absolute Gasteiger partial charge is 0.338 e. The Morgan fingerprint density at radius 1 is 1.14 bits per heavy atom. The van der Waals surface area contributed by atoms with Crippen LogP contribution in [0.5, 0.6) is 0 Å². The molecule has 1 atom stereocenters. The summed E-state index contributed by atoms with van der Waals surface area (Å²) >= 11 is 5.88. The van der Waals surface area contributed by atoms with Gasteiger partial charge < -0.3 is 9.47 Å². The van der Waals surface area contributed by atoms with Crippen molar-refractivity contribution < 1.29 is 14.3 Å². The average molecular weight is 319 g/mol. The second-order valence-corrected chi connectivity index (χ2v) is 5.32. The molecule has 0 saturated carbocycles. The van der Waals surface area contributed by atoms with Gasteiger partial charge in [0.25, 0.3) is 0 Å². The fourth-order valence-corrected chi connectivity index (χ4v) is 2.21. The molecule has 0 aromatic heterocycles. The molecular weight excluding hydrogens is 300 g/mol. The summed E-state index contributed by atoms with van der Waals surface area (Å²) in [6.45, 7) is 2.84. The summed E-state index contributed by atoms with van der Waals surface area (Å²) in [5.74, 6) is -0.400. The number of halogens is 1. The molecule has 1 unspecified atom stereocenters. The molecule has 0 spiro atoms. The Morgan fingerprint density at radius 3 is 2.59 bits per heavy atom. The van der Waals surface area contributed by atoms with Gasteiger partial charge in [0.1, 0.15) is 12.7 Å². The van der Waals surface area contributed by atoms with E-state index in [1.54, 1.807) is 24.3 Å². The molecule has 0 aliphatic heterocycles. The monoisotopic (exact) mass is 318 g/mol. The van der Waals surface area contributed by atoms with Gasteiger partial charge in [-0.2, -0.15) is 0 Å². The molecule has 116 valence electrons. The first kappa shape index (κ1) is 16.5. The molecule has 0 radical (unpaired) electrons. The van der Waals surface area contributed by atoms with E-state index in [4.69, 9.17) is 21.1 Å². The summed E-state index contributed by atoms with van der Waals surface area (Å²) in [6, 6.07) is 16.5. The van der Waals surface area contributed by atoms with Crippen LogP contribution in [-0.4, -0.2) is 19.2 Å². The molecule has 0 saturated heterocycles. The Balaban J connectivity index is 2.00. The predicted molar refractivity (Wildman–Crippen MR) is 87.2 cm³/mol. The number of hydrogen-bond donors (Lipinski definition) is 0. The van der Waals surface area contributed by atoms with Crippen molar-refractivity contribution in [2.45, 2.75) is 19.4 Å². The molecule has 3 nitrogen and oxygen atoms in total. The topological polar surface area (TPSA) is 35.5 Å². The van der Waals surface area contributed by atoms with E-state index in [0.717, 1.165) is 12.0 Å². The Labute approximate surface area is 135 Å². The Hall–Kier alpha value is -1.84. The zero-order chi connectivity index (χ0) is 15.8. The molecule has 0 bridgehead atoms. The normalized spacial score (nSPS) is 11.9. The number of carbonyl (C=O) groups excluding carboxylic acids is 1. The molecular formula is C18H19ClO3. The fourth-order valence-electron chi connectivity index (χ4n) is 2.02. The van der Waals surface area contributed by atoms with E-state index in [9.17, 15) is 4.79 Å². The second-order valence-electron chi connectivity index (χ2n) is 4.88. The third-order valence-electron chi connectivity index (χ3n) is 3.12. The van der Waals surface area contributed by atoms with Crippen molar-refractivity contribution in [2.24, 2.45) is 0 Å². The van der Waals surface area contributed by atoms with Crippen LogP contribution in [0.1, 0.15) is 35.4 Å². The van der Waals surface area contributed by atoms with Gasteiger partial charge >= 0.3 is 5.97 Å². The van der Waals surface area contributed by atoms with Gasteiger partial charge in [-0.05, 0) is 30.2 Å². The van der Waals surface area contributed by atoms with Crippen LogP contribution >= 0.6 is 11.6 Å². The van der Waals surface area contributed by atoms with Crippen LogP contribution in [0, 0.1) is 0 Å². The lowest BCUT2D eigenvalue weighted by atomic mass is 10.1. The van der Waals surface area contributed by atoms with Gasteiger partial charge in [0.05, 0.1) is 5.56 Å². The van der Waals surface area contributed by atoms with Crippen molar-refractivity contribution >= 4 is 17.6 Å². The average Bonchev–Trinajstić information content (AvgIpc) is 2.55. The van der Waals surface area contributed by atoms with Gasteiger partial charge in [0.2, 0.25) is 0 Å². The molecule has 0 fully saturated rings. The lowest BCUT2D eigenvalue weighted by Crippen LogP contribution is -2.16. The van der Waals surface area contributed by atoms with E-state index in [1.807, 2.05) is 37.3 Å². The largest absolute Gasteiger partial charge is 0.459 e. The maximum atomic E-state index is 12.1. The van der Waals surface area contributed by atoms with Crippen molar-refractivity contribution in [1.82, 2.24) is 0 Å². The van der Waals surface area contributed by atoms with E-state index in [0.29, 0.717) is 17.2 Å². The Morgan fingerprint density at radius 2 is 1.91 bits per heavy atom. The van der Waals surface area contributed by atoms with Crippen LogP contribution in [0.25, 0.3) is 0 Å². The van der Waals surface area contributed by atoms with Gasteiger partial charge in [-0.1, -0.05) is 54.9 Å². The van der Waals surface area contributed by atoms with Crippen molar-refractivity contribution in [3.63, 3.8) is 0 Å². The van der Waals surface area contributed by atoms with Gasteiger partial charge in [-0.3, -0.25) is 0 Å². The molecule has 0 heterocycles. The van der Waals surface area contributed by atoms with Gasteiger partial charge in [0, 0.05) is 11.6 Å². The summed E-state index contributed by atoms with van der Waals surface area (Å²) in [7, 11) is 0. The summed E-state index contributed by atoms with van der Waals surface area (Å²) in [6.07, 6.45) is 0.648. The number of ether oxygens (including phenoxy) is 2. The minimum absolute atomic E-state index is 0.176. The highest BCUT2D eigenvalue weighted by molar-refractivity contribution is 6.30. The molecule has 2 aromatic carbocycles.